The first kappa shape index (κ1) is 16.3. The van der Waals surface area contributed by atoms with E-state index in [4.69, 9.17) is 9.47 Å². The number of hydrogen-bond donors (Lipinski definition) is 1. The maximum absolute atomic E-state index is 11.8. The summed E-state index contributed by atoms with van der Waals surface area (Å²) in [6.45, 7) is 9.42. The van der Waals surface area contributed by atoms with Crippen molar-refractivity contribution < 1.29 is 19.1 Å². The molecule has 0 bridgehead atoms. The Morgan fingerprint density at radius 3 is 2.37 bits per heavy atom. The molecule has 0 aromatic rings. The molecule has 0 saturated carbocycles. The van der Waals surface area contributed by atoms with Gasteiger partial charge in [0.15, 0.2) is 0 Å². The van der Waals surface area contributed by atoms with E-state index in [1.165, 1.54) is 7.11 Å². The lowest BCUT2D eigenvalue weighted by atomic mass is 10.0. The third-order valence-corrected chi connectivity index (χ3v) is 4.13. The van der Waals surface area contributed by atoms with Crippen LogP contribution in [0.25, 0.3) is 0 Å². The number of ether oxygens (including phenoxy) is 2. The first-order valence-corrected chi connectivity index (χ1v) is 7.16. The van der Waals surface area contributed by atoms with Crippen molar-refractivity contribution in [2.45, 2.75) is 62.8 Å². The van der Waals surface area contributed by atoms with Crippen molar-refractivity contribution in [1.82, 2.24) is 5.32 Å². The number of thioether (sulfide) groups is 1. The molecule has 110 valence electrons. The molecule has 1 heterocycles. The zero-order valence-corrected chi connectivity index (χ0v) is 13.2. The predicted molar refractivity (Wildman–Crippen MR) is 74.9 cm³/mol. The predicted octanol–water partition coefficient (Wildman–Crippen LogP) is 1.70. The van der Waals surface area contributed by atoms with E-state index in [0.717, 1.165) is 0 Å². The highest BCUT2D eigenvalue weighted by atomic mass is 32.2. The number of esters is 2. The van der Waals surface area contributed by atoms with Crippen LogP contribution in [0.3, 0.4) is 0 Å². The average molecular weight is 289 g/mol. The highest BCUT2D eigenvalue weighted by Gasteiger charge is 2.46. The molecule has 1 aliphatic rings. The number of hydrogen-bond acceptors (Lipinski definition) is 6. The Bertz CT molecular complexity index is 362. The molecule has 1 N–H and O–H groups in total. The molecule has 6 heteroatoms. The summed E-state index contributed by atoms with van der Waals surface area (Å²) in [7, 11) is 1.37. The van der Waals surface area contributed by atoms with E-state index in [9.17, 15) is 9.59 Å². The Labute approximate surface area is 118 Å². The largest absolute Gasteiger partial charge is 0.468 e. The molecular formula is C13H23NO4S. The fourth-order valence-corrected chi connectivity index (χ4v) is 3.42. The van der Waals surface area contributed by atoms with Crippen molar-refractivity contribution >= 4 is 23.7 Å². The molecule has 1 unspecified atom stereocenters. The molecule has 2 atom stereocenters. The van der Waals surface area contributed by atoms with E-state index in [1.807, 2.05) is 34.6 Å². The van der Waals surface area contributed by atoms with Gasteiger partial charge in [0.2, 0.25) is 0 Å². The van der Waals surface area contributed by atoms with Crippen molar-refractivity contribution in [1.29, 1.82) is 0 Å². The molecule has 0 aliphatic carbocycles. The van der Waals surface area contributed by atoms with Gasteiger partial charge in [-0.05, 0) is 34.6 Å². The molecule has 0 aromatic carbocycles. The van der Waals surface area contributed by atoms with Crippen LogP contribution in [0.2, 0.25) is 0 Å². The Balaban J connectivity index is 2.59. The molecule has 1 fully saturated rings. The van der Waals surface area contributed by atoms with Gasteiger partial charge in [-0.25, -0.2) is 0 Å². The second kappa shape index (κ2) is 5.71. The SMILES string of the molecule is COC(=O)[C@@H]1NC(CC(=O)OC(C)(C)C)SC1(C)C. The highest BCUT2D eigenvalue weighted by molar-refractivity contribution is 8.01. The fraction of sp³-hybridized carbons (Fsp3) is 0.846. The van der Waals surface area contributed by atoms with E-state index in [1.54, 1.807) is 11.8 Å². The van der Waals surface area contributed by atoms with Gasteiger partial charge in [0, 0.05) is 4.75 Å². The molecule has 0 spiro atoms. The van der Waals surface area contributed by atoms with Crippen LogP contribution < -0.4 is 5.32 Å². The molecule has 0 aromatic heterocycles. The quantitative estimate of drug-likeness (QED) is 0.798. The van der Waals surface area contributed by atoms with Gasteiger partial charge in [-0.1, -0.05) is 0 Å². The van der Waals surface area contributed by atoms with Crippen LogP contribution in [0.1, 0.15) is 41.0 Å². The van der Waals surface area contributed by atoms with Gasteiger partial charge in [0.25, 0.3) is 0 Å². The summed E-state index contributed by atoms with van der Waals surface area (Å²) in [5.74, 6) is -0.567. The minimum absolute atomic E-state index is 0.131. The average Bonchev–Trinajstić information content (AvgIpc) is 2.49. The molecule has 1 saturated heterocycles. The molecule has 0 amide bonds. The van der Waals surface area contributed by atoms with Gasteiger partial charge in [-0.3, -0.25) is 14.9 Å². The molecule has 1 aliphatic heterocycles. The molecule has 19 heavy (non-hydrogen) atoms. The van der Waals surface area contributed by atoms with Gasteiger partial charge in [-0.2, -0.15) is 0 Å². The van der Waals surface area contributed by atoms with E-state index in [-0.39, 0.29) is 28.5 Å². The van der Waals surface area contributed by atoms with Crippen molar-refractivity contribution in [3.8, 4) is 0 Å². The first-order chi connectivity index (χ1) is 8.55. The topological polar surface area (TPSA) is 64.6 Å². The lowest BCUT2D eigenvalue weighted by Gasteiger charge is -2.22. The maximum atomic E-state index is 11.8. The summed E-state index contributed by atoms with van der Waals surface area (Å²) in [4.78, 5) is 23.5. The van der Waals surface area contributed by atoms with Crippen LogP contribution in [0.5, 0.6) is 0 Å². The highest BCUT2D eigenvalue weighted by Crippen LogP contribution is 2.39. The van der Waals surface area contributed by atoms with Crippen LogP contribution in [-0.2, 0) is 19.1 Å². The van der Waals surface area contributed by atoms with E-state index in [2.05, 4.69) is 5.32 Å². The zero-order chi connectivity index (χ0) is 14.8. The van der Waals surface area contributed by atoms with Crippen molar-refractivity contribution in [3.05, 3.63) is 0 Å². The van der Waals surface area contributed by atoms with Crippen LogP contribution in [-0.4, -0.2) is 40.8 Å². The minimum Gasteiger partial charge on any atom is -0.468 e. The number of rotatable bonds is 3. The lowest BCUT2D eigenvalue weighted by Crippen LogP contribution is -2.45. The monoisotopic (exact) mass is 289 g/mol. The lowest BCUT2D eigenvalue weighted by molar-refractivity contribution is -0.155. The summed E-state index contributed by atoms with van der Waals surface area (Å²) >= 11 is 1.56. The Morgan fingerprint density at radius 2 is 1.89 bits per heavy atom. The summed E-state index contributed by atoms with van der Waals surface area (Å²) < 4.78 is 9.75. The van der Waals surface area contributed by atoms with Gasteiger partial charge < -0.3 is 9.47 Å². The molecule has 0 radical (unpaired) electrons. The maximum Gasteiger partial charge on any atom is 0.324 e. The van der Waals surface area contributed by atoms with Gasteiger partial charge in [0.05, 0.1) is 18.9 Å². The molecule has 1 rings (SSSR count). The first-order valence-electron chi connectivity index (χ1n) is 6.29. The van der Waals surface area contributed by atoms with E-state index in [0.29, 0.717) is 0 Å². The molecular weight excluding hydrogens is 266 g/mol. The van der Waals surface area contributed by atoms with Gasteiger partial charge >= 0.3 is 11.9 Å². The Kier molecular flexibility index (Phi) is 4.90. The fourth-order valence-electron chi connectivity index (χ4n) is 1.96. The van der Waals surface area contributed by atoms with Crippen molar-refractivity contribution in [2.24, 2.45) is 0 Å². The summed E-state index contributed by atoms with van der Waals surface area (Å²) in [5, 5.41) is 3.01. The number of carbonyl (C=O) groups excluding carboxylic acids is 2. The Morgan fingerprint density at radius 1 is 1.32 bits per heavy atom. The summed E-state index contributed by atoms with van der Waals surface area (Å²) in [6.07, 6.45) is 0.235. The van der Waals surface area contributed by atoms with Gasteiger partial charge in [-0.15, -0.1) is 11.8 Å². The normalized spacial score (nSPS) is 26.0. The summed E-state index contributed by atoms with van der Waals surface area (Å²) in [5.41, 5.74) is -0.488. The van der Waals surface area contributed by atoms with E-state index < -0.39 is 11.6 Å². The molecule has 5 nitrogen and oxygen atoms in total. The second-order valence-corrected chi connectivity index (χ2v) is 7.98. The van der Waals surface area contributed by atoms with Crippen LogP contribution in [0.4, 0.5) is 0 Å². The number of methoxy groups -OCH3 is 1. The van der Waals surface area contributed by atoms with E-state index >= 15 is 0 Å². The summed E-state index contributed by atoms with van der Waals surface area (Å²) in [6, 6.07) is -0.407. The van der Waals surface area contributed by atoms with Crippen molar-refractivity contribution in [2.75, 3.05) is 7.11 Å². The Hall–Kier alpha value is -0.750. The van der Waals surface area contributed by atoms with Gasteiger partial charge in [0.1, 0.15) is 11.6 Å². The standard InChI is InChI=1S/C13H23NO4S/c1-12(2,3)18-9(15)7-8-14-10(11(16)17-6)13(4,5)19-8/h8,10,14H,7H2,1-6H3/t8?,10-/m0/s1. The minimum atomic E-state index is -0.488. The van der Waals surface area contributed by atoms with Crippen LogP contribution in [0.15, 0.2) is 0 Å². The zero-order valence-electron chi connectivity index (χ0n) is 12.4. The third kappa shape index (κ3) is 4.69. The van der Waals surface area contributed by atoms with Crippen LogP contribution in [0, 0.1) is 0 Å². The second-order valence-electron chi connectivity index (χ2n) is 6.12. The number of nitrogens with one attached hydrogen (secondary N) is 1. The van der Waals surface area contributed by atoms with Crippen LogP contribution >= 0.6 is 11.8 Å². The number of carbonyl (C=O) groups is 2. The van der Waals surface area contributed by atoms with Crippen molar-refractivity contribution in [3.63, 3.8) is 0 Å². The smallest absolute Gasteiger partial charge is 0.324 e. The third-order valence-electron chi connectivity index (χ3n) is 2.70.